The molecule has 1 aromatic heterocycles. The quantitative estimate of drug-likeness (QED) is 0.711. The third-order valence-electron chi connectivity index (χ3n) is 5.33. The van der Waals surface area contributed by atoms with Crippen LogP contribution in [0.25, 0.3) is 0 Å². The van der Waals surface area contributed by atoms with Crippen LogP contribution in [-0.4, -0.2) is 21.3 Å². The van der Waals surface area contributed by atoms with E-state index in [2.05, 4.69) is 37.3 Å². The molecule has 0 aliphatic carbocycles. The summed E-state index contributed by atoms with van der Waals surface area (Å²) >= 11 is 0. The molecule has 4 rings (SSSR count). The summed E-state index contributed by atoms with van der Waals surface area (Å²) in [5.41, 5.74) is 4.62. The van der Waals surface area contributed by atoms with E-state index in [1.54, 1.807) is 0 Å². The van der Waals surface area contributed by atoms with E-state index in [4.69, 9.17) is 4.74 Å². The summed E-state index contributed by atoms with van der Waals surface area (Å²) < 4.78 is 8.04. The van der Waals surface area contributed by atoms with Crippen LogP contribution in [0.3, 0.4) is 0 Å². The average Bonchev–Trinajstić information content (AvgIpc) is 2.98. The maximum atomic E-state index is 12.9. The van der Waals surface area contributed by atoms with E-state index in [-0.39, 0.29) is 17.6 Å². The van der Waals surface area contributed by atoms with Gasteiger partial charge in [-0.05, 0) is 57.5 Å². The van der Waals surface area contributed by atoms with Crippen LogP contribution in [0.4, 0.5) is 0 Å². The van der Waals surface area contributed by atoms with Crippen LogP contribution in [0.15, 0.2) is 54.6 Å². The van der Waals surface area contributed by atoms with Crippen LogP contribution in [0.5, 0.6) is 5.75 Å². The number of carbonyl (C=O) groups excluding carboxylic acids is 1. The minimum atomic E-state index is -0.323. The van der Waals surface area contributed by atoms with Crippen molar-refractivity contribution >= 4 is 5.91 Å². The Kier molecular flexibility index (Phi) is 4.91. The molecular formula is C24H27N3O2. The fraction of sp³-hybridized carbons (Fsp3) is 0.333. The summed E-state index contributed by atoms with van der Waals surface area (Å²) in [6, 6.07) is 17.7. The lowest BCUT2D eigenvalue weighted by Gasteiger charge is -2.37. The highest BCUT2D eigenvalue weighted by Crippen LogP contribution is 2.39. The second kappa shape index (κ2) is 7.39. The molecule has 0 bridgehead atoms. The molecule has 0 fully saturated rings. The Morgan fingerprint density at radius 1 is 1.17 bits per heavy atom. The number of hydrogen-bond acceptors (Lipinski definition) is 3. The first-order valence-electron chi connectivity index (χ1n) is 9.99. The Morgan fingerprint density at radius 2 is 1.90 bits per heavy atom. The molecule has 0 saturated carbocycles. The zero-order valence-electron chi connectivity index (χ0n) is 17.4. The van der Waals surface area contributed by atoms with Crippen molar-refractivity contribution in [3.05, 3.63) is 82.7 Å². The van der Waals surface area contributed by atoms with Gasteiger partial charge in [0.25, 0.3) is 5.91 Å². The number of para-hydroxylation sites is 1. The van der Waals surface area contributed by atoms with Gasteiger partial charge in [-0.25, -0.2) is 0 Å². The second-order valence-corrected chi connectivity index (χ2v) is 8.41. The Hall–Kier alpha value is -3.08. The number of nitrogens with zero attached hydrogens (tertiary/aromatic N) is 2. The second-order valence-electron chi connectivity index (χ2n) is 8.41. The van der Waals surface area contributed by atoms with Gasteiger partial charge in [-0.2, -0.15) is 5.10 Å². The van der Waals surface area contributed by atoms with Crippen molar-refractivity contribution in [3.63, 3.8) is 0 Å². The molecule has 0 saturated heterocycles. The molecule has 3 aromatic rings. The number of ether oxygens (including phenoxy) is 1. The number of aryl methyl sites for hydroxylation is 2. The molecule has 0 unspecified atom stereocenters. The summed E-state index contributed by atoms with van der Waals surface area (Å²) in [4.78, 5) is 12.9. The fourth-order valence-electron chi connectivity index (χ4n) is 3.94. The Balaban J connectivity index is 1.48. The van der Waals surface area contributed by atoms with Crippen LogP contribution >= 0.6 is 0 Å². The lowest BCUT2D eigenvalue weighted by Crippen LogP contribution is -2.41. The maximum absolute atomic E-state index is 12.9. The van der Waals surface area contributed by atoms with Crippen molar-refractivity contribution in [2.45, 2.75) is 52.3 Å². The normalized spacial score (nSPS) is 17.3. The maximum Gasteiger partial charge on any atom is 0.251 e. The van der Waals surface area contributed by atoms with E-state index in [1.807, 2.05) is 60.1 Å². The molecule has 150 valence electrons. The molecule has 29 heavy (non-hydrogen) atoms. The highest BCUT2D eigenvalue weighted by Gasteiger charge is 2.34. The van der Waals surface area contributed by atoms with Crippen molar-refractivity contribution in [3.8, 4) is 5.75 Å². The van der Waals surface area contributed by atoms with Crippen molar-refractivity contribution in [2.24, 2.45) is 0 Å². The van der Waals surface area contributed by atoms with Crippen molar-refractivity contribution in [1.82, 2.24) is 15.1 Å². The highest BCUT2D eigenvalue weighted by atomic mass is 16.5. The summed E-state index contributed by atoms with van der Waals surface area (Å²) in [7, 11) is 0. The number of hydrogen-bond donors (Lipinski definition) is 1. The van der Waals surface area contributed by atoms with Gasteiger partial charge in [-0.15, -0.1) is 0 Å². The minimum absolute atomic E-state index is 0.0693. The molecule has 0 radical (unpaired) electrons. The van der Waals surface area contributed by atoms with Crippen LogP contribution in [-0.2, 0) is 6.54 Å². The summed E-state index contributed by atoms with van der Waals surface area (Å²) in [6.07, 6.45) is 0.728. The van der Waals surface area contributed by atoms with Crippen LogP contribution in [0, 0.1) is 13.8 Å². The molecule has 5 nitrogen and oxygen atoms in total. The molecule has 1 atom stereocenters. The first kappa shape index (κ1) is 19.2. The number of nitrogens with one attached hydrogen (secondary N) is 1. The third kappa shape index (κ3) is 4.19. The van der Waals surface area contributed by atoms with E-state index in [0.717, 1.165) is 34.7 Å². The number of rotatable bonds is 4. The molecule has 1 N–H and O–H groups in total. The molecular weight excluding hydrogens is 362 g/mol. The van der Waals surface area contributed by atoms with Gasteiger partial charge < -0.3 is 10.1 Å². The molecule has 1 aliphatic heterocycles. The third-order valence-corrected chi connectivity index (χ3v) is 5.33. The monoisotopic (exact) mass is 389 g/mol. The molecule has 2 heterocycles. The standard InChI is InChI=1S/C24H27N3O2/c1-16-13-17(2)27(26-16)15-18-9-11-19(12-10-18)23(28)25-21-14-24(3,4)29-22-8-6-5-7-20(21)22/h5-13,21H,14-15H2,1-4H3,(H,25,28)/t21-/m0/s1. The van der Waals surface area contributed by atoms with Gasteiger partial charge in [0.2, 0.25) is 0 Å². The number of carbonyl (C=O) groups is 1. The zero-order valence-corrected chi connectivity index (χ0v) is 17.4. The Bertz CT molecular complexity index is 1030. The molecule has 0 spiro atoms. The predicted octanol–water partition coefficient (Wildman–Crippen LogP) is 4.58. The van der Waals surface area contributed by atoms with Crippen LogP contribution in [0.2, 0.25) is 0 Å². The number of benzene rings is 2. The number of aromatic nitrogens is 2. The minimum Gasteiger partial charge on any atom is -0.487 e. The number of amides is 1. The topological polar surface area (TPSA) is 56.2 Å². The molecule has 1 amide bonds. The smallest absolute Gasteiger partial charge is 0.251 e. The molecule has 5 heteroatoms. The predicted molar refractivity (Wildman–Crippen MR) is 113 cm³/mol. The lowest BCUT2D eigenvalue weighted by atomic mass is 9.89. The van der Waals surface area contributed by atoms with E-state index in [0.29, 0.717) is 12.1 Å². The van der Waals surface area contributed by atoms with E-state index in [9.17, 15) is 4.79 Å². The van der Waals surface area contributed by atoms with E-state index < -0.39 is 0 Å². The van der Waals surface area contributed by atoms with Gasteiger partial charge in [0.05, 0.1) is 18.3 Å². The summed E-state index contributed by atoms with van der Waals surface area (Å²) in [5.74, 6) is 0.773. The van der Waals surface area contributed by atoms with Gasteiger partial charge in [0.1, 0.15) is 11.4 Å². The van der Waals surface area contributed by atoms with Gasteiger partial charge in [0.15, 0.2) is 0 Å². The molecule has 1 aliphatic rings. The fourth-order valence-corrected chi connectivity index (χ4v) is 3.94. The zero-order chi connectivity index (χ0) is 20.6. The van der Waals surface area contributed by atoms with Gasteiger partial charge >= 0.3 is 0 Å². The van der Waals surface area contributed by atoms with E-state index >= 15 is 0 Å². The highest BCUT2D eigenvalue weighted by molar-refractivity contribution is 5.94. The average molecular weight is 389 g/mol. The van der Waals surface area contributed by atoms with Crippen LogP contribution < -0.4 is 10.1 Å². The van der Waals surface area contributed by atoms with Crippen molar-refractivity contribution in [2.75, 3.05) is 0 Å². The molecule has 2 aromatic carbocycles. The summed E-state index contributed by atoms with van der Waals surface area (Å²) in [6.45, 7) is 8.84. The van der Waals surface area contributed by atoms with Crippen LogP contribution in [0.1, 0.15) is 59.2 Å². The van der Waals surface area contributed by atoms with Crippen molar-refractivity contribution < 1.29 is 9.53 Å². The van der Waals surface area contributed by atoms with Crippen molar-refractivity contribution in [1.29, 1.82) is 0 Å². The summed E-state index contributed by atoms with van der Waals surface area (Å²) in [5, 5.41) is 7.69. The lowest BCUT2D eigenvalue weighted by molar-refractivity contribution is 0.0619. The van der Waals surface area contributed by atoms with E-state index in [1.165, 1.54) is 0 Å². The van der Waals surface area contributed by atoms with Gasteiger partial charge in [0, 0.05) is 23.2 Å². The first-order valence-corrected chi connectivity index (χ1v) is 9.99. The van der Waals surface area contributed by atoms with Gasteiger partial charge in [-0.1, -0.05) is 30.3 Å². The SMILES string of the molecule is Cc1cc(C)n(Cc2ccc(C(=O)N[C@H]3CC(C)(C)Oc4ccccc43)cc2)n1. The first-order chi connectivity index (χ1) is 13.8. The largest absolute Gasteiger partial charge is 0.487 e. The Labute approximate surface area is 171 Å². The Morgan fingerprint density at radius 3 is 2.59 bits per heavy atom. The number of fused-ring (bicyclic) bond motifs is 1. The van der Waals surface area contributed by atoms with Gasteiger partial charge in [-0.3, -0.25) is 9.48 Å².